The van der Waals surface area contributed by atoms with Crippen molar-refractivity contribution in [3.05, 3.63) is 48.5 Å². The van der Waals surface area contributed by atoms with Gasteiger partial charge >= 0.3 is 0 Å². The summed E-state index contributed by atoms with van der Waals surface area (Å²) in [7, 11) is -0.497. The Morgan fingerprint density at radius 1 is 0.962 bits per heavy atom. The molecule has 0 fully saturated rings. The Balaban J connectivity index is 2.24. The first-order valence-electron chi connectivity index (χ1n) is 8.87. The van der Waals surface area contributed by atoms with E-state index in [9.17, 15) is 8.42 Å². The Labute approximate surface area is 161 Å². The van der Waals surface area contributed by atoms with E-state index in [4.69, 9.17) is 4.74 Å². The number of nitrogens with zero attached hydrogens (tertiary/aromatic N) is 1. The maximum atomic E-state index is 12.7. The van der Waals surface area contributed by atoms with E-state index in [1.165, 1.54) is 36.6 Å². The molecule has 0 saturated heterocycles. The van der Waals surface area contributed by atoms with Gasteiger partial charge in [-0.1, -0.05) is 56.1 Å². The van der Waals surface area contributed by atoms with Gasteiger partial charge in [-0.05, 0) is 36.8 Å². The molecule has 2 aromatic rings. The van der Waals surface area contributed by atoms with Crippen LogP contribution in [0.4, 0.5) is 0 Å². The first kappa shape index (κ1) is 20.8. The summed E-state index contributed by atoms with van der Waals surface area (Å²) < 4.78 is 32.5. The zero-order chi connectivity index (χ0) is 19.0. The number of benzene rings is 2. The van der Waals surface area contributed by atoms with Crippen molar-refractivity contribution in [2.45, 2.75) is 47.3 Å². The van der Waals surface area contributed by atoms with E-state index in [1.54, 1.807) is 12.1 Å². The van der Waals surface area contributed by atoms with Gasteiger partial charge in [0.15, 0.2) is 0 Å². The summed E-state index contributed by atoms with van der Waals surface area (Å²) in [5.41, 5.74) is 0. The van der Waals surface area contributed by atoms with Gasteiger partial charge in [0.25, 0.3) is 0 Å². The summed E-state index contributed by atoms with van der Waals surface area (Å²) in [5.74, 6) is 0.424. The minimum atomic E-state index is -3.57. The molecule has 0 amide bonds. The maximum Gasteiger partial charge on any atom is 0.246 e. The Morgan fingerprint density at radius 2 is 1.69 bits per heavy atom. The fourth-order valence-corrected chi connectivity index (χ4v) is 4.41. The molecule has 0 saturated carbocycles. The van der Waals surface area contributed by atoms with E-state index in [0.717, 1.165) is 29.1 Å². The lowest BCUT2D eigenvalue weighted by atomic mass is 10.2. The number of sulfonamides is 1. The van der Waals surface area contributed by atoms with Crippen LogP contribution in [0.2, 0.25) is 0 Å². The molecule has 0 radical (unpaired) electrons. The standard InChI is InChI=1S/C20H27NO3S2/c1-4-5-6-10-15-24-19-14-13-18(25-17-11-8-7-9-12-17)16-20(19)26(22,23)21(2)3/h7-9,11-14,16H,4-6,10,15H2,1-3H3. The van der Waals surface area contributed by atoms with E-state index >= 15 is 0 Å². The monoisotopic (exact) mass is 393 g/mol. The lowest BCUT2D eigenvalue weighted by Gasteiger charge is -2.17. The minimum Gasteiger partial charge on any atom is -0.492 e. The molecule has 0 unspecified atom stereocenters. The lowest BCUT2D eigenvalue weighted by molar-refractivity contribution is 0.296. The van der Waals surface area contributed by atoms with Gasteiger partial charge in [-0.3, -0.25) is 0 Å². The minimum absolute atomic E-state index is 0.221. The van der Waals surface area contributed by atoms with Crippen molar-refractivity contribution >= 4 is 21.8 Å². The third-order valence-electron chi connectivity index (χ3n) is 3.91. The first-order valence-corrected chi connectivity index (χ1v) is 11.1. The second-order valence-electron chi connectivity index (χ2n) is 6.22. The molecule has 0 aliphatic rings. The van der Waals surface area contributed by atoms with Gasteiger partial charge in [-0.15, -0.1) is 0 Å². The molecule has 6 heteroatoms. The molecule has 142 valence electrons. The number of ether oxygens (including phenoxy) is 1. The third kappa shape index (κ3) is 5.76. The van der Waals surface area contributed by atoms with Gasteiger partial charge in [0.05, 0.1) is 6.61 Å². The first-order chi connectivity index (χ1) is 12.4. The van der Waals surface area contributed by atoms with Crippen LogP contribution in [0.3, 0.4) is 0 Å². The summed E-state index contributed by atoms with van der Waals surface area (Å²) in [4.78, 5) is 2.16. The molecule has 26 heavy (non-hydrogen) atoms. The van der Waals surface area contributed by atoms with E-state index < -0.39 is 10.0 Å². The summed E-state index contributed by atoms with van der Waals surface area (Å²) in [6, 6.07) is 15.3. The molecule has 4 nitrogen and oxygen atoms in total. The molecule has 2 aromatic carbocycles. The molecule has 0 N–H and O–H groups in total. The molecule has 0 aliphatic carbocycles. The van der Waals surface area contributed by atoms with Crippen LogP contribution < -0.4 is 4.74 Å². The van der Waals surface area contributed by atoms with Crippen molar-refractivity contribution < 1.29 is 13.2 Å². The molecular formula is C20H27NO3S2. The SMILES string of the molecule is CCCCCCOc1ccc(Sc2ccccc2)cc1S(=O)(=O)N(C)C. The van der Waals surface area contributed by atoms with Crippen LogP contribution in [-0.4, -0.2) is 33.4 Å². The van der Waals surface area contributed by atoms with Crippen LogP contribution in [0, 0.1) is 0 Å². The second kappa shape index (κ2) is 10.00. The summed E-state index contributed by atoms with van der Waals surface area (Å²) in [5, 5.41) is 0. The van der Waals surface area contributed by atoms with Gasteiger partial charge in [0.1, 0.15) is 10.6 Å². The van der Waals surface area contributed by atoms with Crippen LogP contribution in [0.15, 0.2) is 63.2 Å². The van der Waals surface area contributed by atoms with E-state index in [-0.39, 0.29) is 4.90 Å². The number of hydrogen-bond acceptors (Lipinski definition) is 4. The van der Waals surface area contributed by atoms with Crippen molar-refractivity contribution in [2.24, 2.45) is 0 Å². The normalized spacial score (nSPS) is 11.7. The van der Waals surface area contributed by atoms with E-state index in [2.05, 4.69) is 6.92 Å². The Hall–Kier alpha value is -1.50. The van der Waals surface area contributed by atoms with Crippen LogP contribution in [0.1, 0.15) is 32.6 Å². The highest BCUT2D eigenvalue weighted by Gasteiger charge is 2.23. The van der Waals surface area contributed by atoms with Gasteiger partial charge in [-0.25, -0.2) is 12.7 Å². The number of hydrogen-bond donors (Lipinski definition) is 0. The fourth-order valence-electron chi connectivity index (χ4n) is 2.40. The van der Waals surface area contributed by atoms with E-state index in [0.29, 0.717) is 12.4 Å². The highest BCUT2D eigenvalue weighted by molar-refractivity contribution is 7.99. The summed E-state index contributed by atoms with van der Waals surface area (Å²) in [6.07, 6.45) is 4.34. The van der Waals surface area contributed by atoms with Crippen molar-refractivity contribution in [3.63, 3.8) is 0 Å². The molecule has 2 rings (SSSR count). The zero-order valence-corrected chi connectivity index (χ0v) is 17.3. The van der Waals surface area contributed by atoms with Crippen molar-refractivity contribution in [1.82, 2.24) is 4.31 Å². The average molecular weight is 394 g/mol. The number of unbranched alkanes of at least 4 members (excludes halogenated alkanes) is 3. The van der Waals surface area contributed by atoms with Crippen LogP contribution in [-0.2, 0) is 10.0 Å². The van der Waals surface area contributed by atoms with Crippen molar-refractivity contribution in [2.75, 3.05) is 20.7 Å². The van der Waals surface area contributed by atoms with Crippen LogP contribution >= 0.6 is 11.8 Å². The summed E-state index contributed by atoms with van der Waals surface area (Å²) in [6.45, 7) is 2.69. The Morgan fingerprint density at radius 3 is 2.35 bits per heavy atom. The molecule has 0 spiro atoms. The maximum absolute atomic E-state index is 12.7. The van der Waals surface area contributed by atoms with Crippen LogP contribution in [0.25, 0.3) is 0 Å². The van der Waals surface area contributed by atoms with Gasteiger partial charge in [0, 0.05) is 23.9 Å². The van der Waals surface area contributed by atoms with Gasteiger partial charge in [0.2, 0.25) is 10.0 Å². The molecular weight excluding hydrogens is 366 g/mol. The predicted octanol–water partition coefficient (Wildman–Crippen LogP) is 5.05. The fraction of sp³-hybridized carbons (Fsp3) is 0.400. The third-order valence-corrected chi connectivity index (χ3v) is 6.74. The molecule has 0 heterocycles. The van der Waals surface area contributed by atoms with Crippen molar-refractivity contribution in [1.29, 1.82) is 0 Å². The topological polar surface area (TPSA) is 46.6 Å². The molecule has 0 bridgehead atoms. The molecule has 0 aliphatic heterocycles. The number of rotatable bonds is 10. The smallest absolute Gasteiger partial charge is 0.246 e. The van der Waals surface area contributed by atoms with Gasteiger partial charge < -0.3 is 4.74 Å². The molecule has 0 atom stereocenters. The highest BCUT2D eigenvalue weighted by Crippen LogP contribution is 2.34. The van der Waals surface area contributed by atoms with Crippen molar-refractivity contribution in [3.8, 4) is 5.75 Å². The Bertz CT molecular complexity index is 790. The second-order valence-corrected chi connectivity index (χ2v) is 9.49. The Kier molecular flexibility index (Phi) is 8.00. The quantitative estimate of drug-likeness (QED) is 0.530. The zero-order valence-electron chi connectivity index (χ0n) is 15.6. The molecule has 0 aromatic heterocycles. The average Bonchev–Trinajstić information content (AvgIpc) is 2.63. The van der Waals surface area contributed by atoms with E-state index in [1.807, 2.05) is 36.4 Å². The van der Waals surface area contributed by atoms with Gasteiger partial charge in [-0.2, -0.15) is 0 Å². The highest BCUT2D eigenvalue weighted by atomic mass is 32.2. The lowest BCUT2D eigenvalue weighted by Crippen LogP contribution is -2.23. The van der Waals surface area contributed by atoms with Crippen LogP contribution in [0.5, 0.6) is 5.75 Å². The largest absolute Gasteiger partial charge is 0.492 e. The predicted molar refractivity (Wildman–Crippen MR) is 108 cm³/mol. The summed E-state index contributed by atoms with van der Waals surface area (Å²) >= 11 is 1.53.